The van der Waals surface area contributed by atoms with E-state index in [1.54, 1.807) is 24.3 Å². The molecule has 180 valence electrons. The van der Waals surface area contributed by atoms with Crippen LogP contribution in [0.25, 0.3) is 0 Å². The highest BCUT2D eigenvalue weighted by Crippen LogP contribution is 2.37. The Bertz CT molecular complexity index is 1040. The van der Waals surface area contributed by atoms with Crippen molar-refractivity contribution in [3.8, 4) is 23.0 Å². The number of esters is 4. The van der Waals surface area contributed by atoms with E-state index in [4.69, 9.17) is 18.9 Å². The molecule has 2 aromatic rings. The molecule has 3 rings (SSSR count). The third kappa shape index (κ3) is 6.66. The van der Waals surface area contributed by atoms with Crippen LogP contribution in [0, 0.1) is 0 Å². The van der Waals surface area contributed by atoms with Crippen LogP contribution in [0.5, 0.6) is 23.0 Å². The predicted octanol–water partition coefficient (Wildman–Crippen LogP) is 4.05. The van der Waals surface area contributed by atoms with Crippen LogP contribution in [0.2, 0.25) is 0 Å². The van der Waals surface area contributed by atoms with E-state index >= 15 is 0 Å². The van der Waals surface area contributed by atoms with Crippen molar-refractivity contribution in [2.75, 3.05) is 0 Å². The predicted molar refractivity (Wildman–Crippen MR) is 122 cm³/mol. The van der Waals surface area contributed by atoms with Crippen molar-refractivity contribution in [1.29, 1.82) is 0 Å². The SMILES string of the molecule is CC(=O)Oc1cc2c(OC(C)=O)c(c1)CCc1cc(OC(C)=O)cc(c1OC(C)=O)CCCC2. The Hall–Kier alpha value is -3.68. The monoisotopic (exact) mass is 468 g/mol. The van der Waals surface area contributed by atoms with Gasteiger partial charge in [-0.1, -0.05) is 0 Å². The summed E-state index contributed by atoms with van der Waals surface area (Å²) < 4.78 is 21.8. The van der Waals surface area contributed by atoms with Crippen LogP contribution in [0.1, 0.15) is 62.8 Å². The number of hydrogen-bond donors (Lipinski definition) is 0. The van der Waals surface area contributed by atoms with Gasteiger partial charge in [0.2, 0.25) is 0 Å². The van der Waals surface area contributed by atoms with E-state index in [0.717, 1.165) is 24.0 Å². The smallest absolute Gasteiger partial charge is 0.308 e. The van der Waals surface area contributed by atoms with Gasteiger partial charge >= 0.3 is 23.9 Å². The Morgan fingerprint density at radius 1 is 0.500 bits per heavy atom. The fourth-order valence-electron chi connectivity index (χ4n) is 4.09. The molecule has 0 aromatic heterocycles. The molecule has 1 aliphatic carbocycles. The Morgan fingerprint density at radius 2 is 0.794 bits per heavy atom. The molecule has 8 heteroatoms. The van der Waals surface area contributed by atoms with Gasteiger partial charge in [0.1, 0.15) is 23.0 Å². The largest absolute Gasteiger partial charge is 0.427 e. The van der Waals surface area contributed by atoms with Gasteiger partial charge in [-0.05, 0) is 85.0 Å². The fourth-order valence-corrected chi connectivity index (χ4v) is 4.09. The van der Waals surface area contributed by atoms with E-state index in [0.29, 0.717) is 59.8 Å². The first-order valence-corrected chi connectivity index (χ1v) is 11.2. The third-order valence-electron chi connectivity index (χ3n) is 5.25. The Labute approximate surface area is 198 Å². The second-order valence-corrected chi connectivity index (χ2v) is 8.22. The molecule has 1 aliphatic rings. The molecule has 2 aromatic carbocycles. The van der Waals surface area contributed by atoms with Crippen molar-refractivity contribution in [1.82, 2.24) is 0 Å². The average molecular weight is 469 g/mol. The summed E-state index contributed by atoms with van der Waals surface area (Å²) in [6.45, 7) is 5.32. The number of aryl methyl sites for hydroxylation is 4. The first kappa shape index (κ1) is 25.0. The molecular weight excluding hydrogens is 440 g/mol. The summed E-state index contributed by atoms with van der Waals surface area (Å²) in [4.78, 5) is 46.8. The Balaban J connectivity index is 2.13. The van der Waals surface area contributed by atoms with E-state index in [2.05, 4.69) is 0 Å². The van der Waals surface area contributed by atoms with Gasteiger partial charge < -0.3 is 18.9 Å². The highest BCUT2D eigenvalue weighted by molar-refractivity contribution is 5.73. The molecule has 34 heavy (non-hydrogen) atoms. The van der Waals surface area contributed by atoms with E-state index < -0.39 is 23.9 Å². The minimum atomic E-state index is -0.450. The molecule has 0 unspecified atom stereocenters. The number of rotatable bonds is 4. The standard InChI is InChI=1S/C26H28O8/c1-15(27)31-23-11-19-7-5-6-8-20-12-24(32-16(2)28)14-22(26(20)34-18(4)30)10-9-21(13-23)25(19)33-17(3)29/h11-14H,5-10H2,1-4H3. The molecule has 0 amide bonds. The summed E-state index contributed by atoms with van der Waals surface area (Å²) in [6.07, 6.45) is 3.41. The number of carbonyl (C=O) groups excluding carboxylic acids is 4. The number of carbonyl (C=O) groups is 4. The zero-order chi connectivity index (χ0) is 24.8. The Kier molecular flexibility index (Phi) is 8.04. The van der Waals surface area contributed by atoms with Crippen molar-refractivity contribution < 1.29 is 38.1 Å². The summed E-state index contributed by atoms with van der Waals surface area (Å²) in [7, 11) is 0. The van der Waals surface area contributed by atoms with Crippen LogP contribution < -0.4 is 18.9 Å². The van der Waals surface area contributed by atoms with Gasteiger partial charge in [0, 0.05) is 27.7 Å². The van der Waals surface area contributed by atoms with Crippen molar-refractivity contribution in [2.24, 2.45) is 0 Å². The van der Waals surface area contributed by atoms with E-state index in [-0.39, 0.29) is 0 Å². The lowest BCUT2D eigenvalue weighted by molar-refractivity contribution is -0.133. The number of hydrogen-bond acceptors (Lipinski definition) is 8. The molecule has 0 saturated carbocycles. The topological polar surface area (TPSA) is 105 Å². The van der Waals surface area contributed by atoms with E-state index in [1.807, 2.05) is 0 Å². The molecule has 0 aliphatic heterocycles. The quantitative estimate of drug-likeness (QED) is 0.489. The van der Waals surface area contributed by atoms with Gasteiger partial charge in [-0.3, -0.25) is 19.2 Å². The van der Waals surface area contributed by atoms with Crippen LogP contribution in [-0.2, 0) is 44.9 Å². The second kappa shape index (κ2) is 11.0. The summed E-state index contributed by atoms with van der Waals surface area (Å²) in [6, 6.07) is 6.82. The van der Waals surface area contributed by atoms with Crippen LogP contribution in [0.3, 0.4) is 0 Å². The van der Waals surface area contributed by atoms with Crippen molar-refractivity contribution in [3.05, 3.63) is 46.5 Å². The third-order valence-corrected chi connectivity index (χ3v) is 5.25. The van der Waals surface area contributed by atoms with Crippen LogP contribution >= 0.6 is 0 Å². The highest BCUT2D eigenvalue weighted by atomic mass is 16.5. The molecule has 0 atom stereocenters. The van der Waals surface area contributed by atoms with Gasteiger partial charge in [0.25, 0.3) is 0 Å². The summed E-state index contributed by atoms with van der Waals surface area (Å²) in [5.74, 6) is -0.142. The maximum Gasteiger partial charge on any atom is 0.308 e. The van der Waals surface area contributed by atoms with Crippen molar-refractivity contribution in [2.45, 2.75) is 66.2 Å². The summed E-state index contributed by atoms with van der Waals surface area (Å²) in [5.41, 5.74) is 2.93. The molecule has 0 N–H and O–H groups in total. The molecule has 8 nitrogen and oxygen atoms in total. The van der Waals surface area contributed by atoms with Gasteiger partial charge in [-0.15, -0.1) is 0 Å². The molecule has 0 spiro atoms. The first-order valence-electron chi connectivity index (χ1n) is 11.2. The fraction of sp³-hybridized carbons (Fsp3) is 0.385. The first-order chi connectivity index (χ1) is 16.1. The lowest BCUT2D eigenvalue weighted by atomic mass is 9.93. The summed E-state index contributed by atoms with van der Waals surface area (Å²) >= 11 is 0. The second-order valence-electron chi connectivity index (χ2n) is 8.22. The van der Waals surface area contributed by atoms with E-state index in [1.165, 1.54) is 27.7 Å². The minimum Gasteiger partial charge on any atom is -0.427 e. The molecule has 0 saturated heterocycles. The van der Waals surface area contributed by atoms with Crippen LogP contribution in [-0.4, -0.2) is 23.9 Å². The van der Waals surface area contributed by atoms with Gasteiger partial charge in [-0.2, -0.15) is 0 Å². The number of fused-ring (bicyclic) bond motifs is 4. The number of benzene rings is 2. The molecule has 0 fully saturated rings. The van der Waals surface area contributed by atoms with Crippen LogP contribution in [0.4, 0.5) is 0 Å². The van der Waals surface area contributed by atoms with Crippen LogP contribution in [0.15, 0.2) is 24.3 Å². The lowest BCUT2D eigenvalue weighted by Crippen LogP contribution is -2.12. The maximum absolute atomic E-state index is 11.8. The molecular formula is C26H28O8. The highest BCUT2D eigenvalue weighted by Gasteiger charge is 2.21. The Morgan fingerprint density at radius 3 is 1.09 bits per heavy atom. The zero-order valence-electron chi connectivity index (χ0n) is 19.8. The molecule has 0 heterocycles. The van der Waals surface area contributed by atoms with E-state index in [9.17, 15) is 19.2 Å². The zero-order valence-corrected chi connectivity index (χ0v) is 19.8. The average Bonchev–Trinajstić information content (AvgIpc) is 2.71. The summed E-state index contributed by atoms with van der Waals surface area (Å²) in [5, 5.41) is 0. The minimum absolute atomic E-state index is 0.375. The normalized spacial score (nSPS) is 13.1. The van der Waals surface area contributed by atoms with Gasteiger partial charge in [-0.25, -0.2) is 0 Å². The van der Waals surface area contributed by atoms with Crippen molar-refractivity contribution in [3.63, 3.8) is 0 Å². The maximum atomic E-state index is 11.8. The lowest BCUT2D eigenvalue weighted by Gasteiger charge is -2.20. The molecule has 4 bridgehead atoms. The van der Waals surface area contributed by atoms with Gasteiger partial charge in [0.05, 0.1) is 0 Å². The molecule has 0 radical (unpaired) electrons. The van der Waals surface area contributed by atoms with Gasteiger partial charge in [0.15, 0.2) is 0 Å². The number of ether oxygens (including phenoxy) is 4. The van der Waals surface area contributed by atoms with Crippen molar-refractivity contribution >= 4 is 23.9 Å².